The van der Waals surface area contributed by atoms with Crippen molar-refractivity contribution >= 4 is 0 Å². The van der Waals surface area contributed by atoms with E-state index in [0.717, 1.165) is 18.4 Å². The number of fused-ring (bicyclic) bond motifs is 1. The van der Waals surface area contributed by atoms with Crippen molar-refractivity contribution in [2.75, 3.05) is 14.1 Å². The van der Waals surface area contributed by atoms with Crippen LogP contribution >= 0.6 is 0 Å². The SMILES string of the molecule is CN(C)[C@@H]1C[C@@H](Cc2ccc(F)c(F)c2)c2ccccc21. The van der Waals surface area contributed by atoms with E-state index < -0.39 is 11.6 Å². The fraction of sp³-hybridized carbons (Fsp3) is 0.333. The molecular formula is C18H19F2N. The zero-order valence-corrected chi connectivity index (χ0v) is 12.3. The van der Waals surface area contributed by atoms with Gasteiger partial charge in [0, 0.05) is 6.04 Å². The maximum atomic E-state index is 13.4. The van der Waals surface area contributed by atoms with Crippen LogP contribution in [0.25, 0.3) is 0 Å². The number of halogens is 2. The Kier molecular flexibility index (Phi) is 3.77. The standard InChI is InChI=1S/C18H19F2N/c1-21(2)18-11-13(14-5-3-4-6-15(14)18)9-12-7-8-16(19)17(20)10-12/h3-8,10,13,18H,9,11H2,1-2H3/t13-,18-/m1/s1. The summed E-state index contributed by atoms with van der Waals surface area (Å²) < 4.78 is 26.4. The molecule has 3 rings (SSSR count). The Labute approximate surface area is 124 Å². The molecule has 0 radical (unpaired) electrons. The first-order chi connectivity index (χ1) is 10.1. The van der Waals surface area contributed by atoms with Gasteiger partial charge in [-0.2, -0.15) is 0 Å². The first-order valence-corrected chi connectivity index (χ1v) is 7.25. The Morgan fingerprint density at radius 2 is 1.71 bits per heavy atom. The number of nitrogens with zero attached hydrogens (tertiary/aromatic N) is 1. The minimum atomic E-state index is -0.781. The predicted octanol–water partition coefficient (Wildman–Crippen LogP) is 4.30. The molecule has 3 heteroatoms. The van der Waals surface area contributed by atoms with Crippen molar-refractivity contribution in [3.63, 3.8) is 0 Å². The third kappa shape index (κ3) is 2.70. The fourth-order valence-corrected chi connectivity index (χ4v) is 3.34. The molecule has 1 aliphatic carbocycles. The van der Waals surface area contributed by atoms with Crippen LogP contribution in [0, 0.1) is 11.6 Å². The third-order valence-electron chi connectivity index (χ3n) is 4.39. The van der Waals surface area contributed by atoms with Crippen molar-refractivity contribution in [1.82, 2.24) is 4.90 Å². The Balaban J connectivity index is 1.88. The lowest BCUT2D eigenvalue weighted by molar-refractivity contribution is 0.288. The second kappa shape index (κ2) is 5.57. The monoisotopic (exact) mass is 287 g/mol. The molecular weight excluding hydrogens is 268 g/mol. The molecule has 110 valence electrons. The number of benzene rings is 2. The first kappa shape index (κ1) is 14.2. The maximum Gasteiger partial charge on any atom is 0.159 e. The summed E-state index contributed by atoms with van der Waals surface area (Å²) in [6.45, 7) is 0. The van der Waals surface area contributed by atoms with E-state index in [0.29, 0.717) is 12.0 Å². The van der Waals surface area contributed by atoms with Crippen LogP contribution in [0.4, 0.5) is 8.78 Å². The summed E-state index contributed by atoms with van der Waals surface area (Å²) in [5, 5.41) is 0. The van der Waals surface area contributed by atoms with Crippen molar-refractivity contribution in [2.24, 2.45) is 0 Å². The molecule has 0 spiro atoms. The Hall–Kier alpha value is -1.74. The van der Waals surface area contributed by atoms with Gasteiger partial charge in [-0.1, -0.05) is 30.3 Å². The van der Waals surface area contributed by atoms with Gasteiger partial charge in [0.05, 0.1) is 0 Å². The summed E-state index contributed by atoms with van der Waals surface area (Å²) in [5.74, 6) is -1.18. The van der Waals surface area contributed by atoms with Crippen molar-refractivity contribution in [3.05, 3.63) is 70.8 Å². The molecule has 2 aromatic rings. The van der Waals surface area contributed by atoms with E-state index in [2.05, 4.69) is 43.3 Å². The highest BCUT2D eigenvalue weighted by Crippen LogP contribution is 2.44. The largest absolute Gasteiger partial charge is 0.302 e. The summed E-state index contributed by atoms with van der Waals surface area (Å²) in [6.07, 6.45) is 1.77. The minimum absolute atomic E-state index is 0.360. The lowest BCUT2D eigenvalue weighted by Crippen LogP contribution is -2.17. The van der Waals surface area contributed by atoms with E-state index in [1.165, 1.54) is 23.3 Å². The predicted molar refractivity (Wildman–Crippen MR) is 80.3 cm³/mol. The number of rotatable bonds is 3. The van der Waals surface area contributed by atoms with Crippen molar-refractivity contribution < 1.29 is 8.78 Å². The van der Waals surface area contributed by atoms with E-state index in [9.17, 15) is 8.78 Å². The molecule has 0 aromatic heterocycles. The average Bonchev–Trinajstić information content (AvgIpc) is 2.82. The fourth-order valence-electron chi connectivity index (χ4n) is 3.34. The Bertz CT molecular complexity index is 651. The highest BCUT2D eigenvalue weighted by atomic mass is 19.2. The molecule has 0 N–H and O–H groups in total. The molecule has 0 unspecified atom stereocenters. The normalized spacial score (nSPS) is 20.8. The minimum Gasteiger partial charge on any atom is -0.302 e. The molecule has 1 aliphatic rings. The van der Waals surface area contributed by atoms with Gasteiger partial charge in [-0.25, -0.2) is 8.78 Å². The molecule has 0 saturated carbocycles. The van der Waals surface area contributed by atoms with Gasteiger partial charge in [0.15, 0.2) is 11.6 Å². The van der Waals surface area contributed by atoms with E-state index in [1.807, 2.05) is 0 Å². The molecule has 2 atom stereocenters. The van der Waals surface area contributed by atoms with Gasteiger partial charge in [-0.15, -0.1) is 0 Å². The van der Waals surface area contributed by atoms with Crippen molar-refractivity contribution in [3.8, 4) is 0 Å². The number of hydrogen-bond donors (Lipinski definition) is 0. The quantitative estimate of drug-likeness (QED) is 0.813. The van der Waals surface area contributed by atoms with Gasteiger partial charge in [-0.3, -0.25) is 0 Å². The lowest BCUT2D eigenvalue weighted by atomic mass is 9.93. The van der Waals surface area contributed by atoms with Crippen LogP contribution in [-0.4, -0.2) is 19.0 Å². The highest BCUT2D eigenvalue weighted by Gasteiger charge is 2.31. The molecule has 0 fully saturated rings. The summed E-state index contributed by atoms with van der Waals surface area (Å²) in [7, 11) is 4.17. The first-order valence-electron chi connectivity index (χ1n) is 7.25. The van der Waals surface area contributed by atoms with Gasteiger partial charge in [0.25, 0.3) is 0 Å². The van der Waals surface area contributed by atoms with Gasteiger partial charge >= 0.3 is 0 Å². The van der Waals surface area contributed by atoms with Crippen molar-refractivity contribution in [2.45, 2.75) is 24.8 Å². The zero-order valence-electron chi connectivity index (χ0n) is 12.3. The average molecular weight is 287 g/mol. The molecule has 0 amide bonds. The van der Waals surface area contributed by atoms with E-state index >= 15 is 0 Å². The van der Waals surface area contributed by atoms with Crippen LogP contribution in [-0.2, 0) is 6.42 Å². The van der Waals surface area contributed by atoms with Crippen LogP contribution in [0.2, 0.25) is 0 Å². The summed E-state index contributed by atoms with van der Waals surface area (Å²) in [6, 6.07) is 13.1. The molecule has 0 aliphatic heterocycles. The third-order valence-corrected chi connectivity index (χ3v) is 4.39. The van der Waals surface area contributed by atoms with Crippen molar-refractivity contribution in [1.29, 1.82) is 0 Å². The van der Waals surface area contributed by atoms with Crippen LogP contribution in [0.1, 0.15) is 35.1 Å². The van der Waals surface area contributed by atoms with Crippen LogP contribution < -0.4 is 0 Å². The smallest absolute Gasteiger partial charge is 0.159 e. The second-order valence-corrected chi connectivity index (χ2v) is 5.99. The molecule has 1 nitrogen and oxygen atoms in total. The zero-order chi connectivity index (χ0) is 15.0. The van der Waals surface area contributed by atoms with Gasteiger partial charge < -0.3 is 4.90 Å². The van der Waals surface area contributed by atoms with E-state index in [1.54, 1.807) is 6.07 Å². The van der Waals surface area contributed by atoms with E-state index in [-0.39, 0.29) is 0 Å². The van der Waals surface area contributed by atoms with Crippen LogP contribution in [0.3, 0.4) is 0 Å². The number of hydrogen-bond acceptors (Lipinski definition) is 1. The topological polar surface area (TPSA) is 3.24 Å². The Morgan fingerprint density at radius 3 is 2.38 bits per heavy atom. The summed E-state index contributed by atoms with van der Waals surface area (Å²) in [4.78, 5) is 2.23. The van der Waals surface area contributed by atoms with Crippen LogP contribution in [0.5, 0.6) is 0 Å². The van der Waals surface area contributed by atoms with E-state index in [4.69, 9.17) is 0 Å². The summed E-state index contributed by atoms with van der Waals surface area (Å²) >= 11 is 0. The molecule has 21 heavy (non-hydrogen) atoms. The second-order valence-electron chi connectivity index (χ2n) is 5.99. The molecule has 0 saturated heterocycles. The van der Waals surface area contributed by atoms with Crippen LogP contribution in [0.15, 0.2) is 42.5 Å². The highest BCUT2D eigenvalue weighted by molar-refractivity contribution is 5.39. The van der Waals surface area contributed by atoms with Gasteiger partial charge in [0.2, 0.25) is 0 Å². The molecule has 0 heterocycles. The lowest BCUT2D eigenvalue weighted by Gasteiger charge is -2.20. The van der Waals surface area contributed by atoms with Gasteiger partial charge in [0.1, 0.15) is 0 Å². The molecule has 0 bridgehead atoms. The molecule has 2 aromatic carbocycles. The summed E-state index contributed by atoms with van der Waals surface area (Å²) in [5.41, 5.74) is 3.55. The Morgan fingerprint density at radius 1 is 1.00 bits per heavy atom. The maximum absolute atomic E-state index is 13.4. The van der Waals surface area contributed by atoms with Gasteiger partial charge in [-0.05, 0) is 61.7 Å².